The average molecular weight is 379 g/mol. The molecule has 0 saturated heterocycles. The highest BCUT2D eigenvalue weighted by atomic mass is 14.2. The SMILES string of the molecule is CCCCCCCCCCC=CCCC(CCCCCCCC)C(C)CC. The Morgan fingerprint density at radius 2 is 1.00 bits per heavy atom. The van der Waals surface area contributed by atoms with Crippen LogP contribution >= 0.6 is 0 Å². The second-order valence-corrected chi connectivity index (χ2v) is 9.01. The first kappa shape index (κ1) is 26.7. The summed E-state index contributed by atoms with van der Waals surface area (Å²) in [5, 5.41) is 0. The fourth-order valence-corrected chi connectivity index (χ4v) is 4.18. The molecular weight excluding hydrogens is 324 g/mol. The Balaban J connectivity index is 3.66. The number of allylic oxidation sites excluding steroid dienone is 2. The molecule has 0 rings (SSSR count). The number of unbranched alkanes of at least 4 members (excludes halogenated alkanes) is 13. The van der Waals surface area contributed by atoms with Gasteiger partial charge in [-0.25, -0.2) is 0 Å². The van der Waals surface area contributed by atoms with Crippen molar-refractivity contribution >= 4 is 0 Å². The van der Waals surface area contributed by atoms with E-state index in [1.165, 1.54) is 122 Å². The van der Waals surface area contributed by atoms with Gasteiger partial charge in [-0.05, 0) is 37.5 Å². The topological polar surface area (TPSA) is 0 Å². The number of rotatable bonds is 21. The van der Waals surface area contributed by atoms with Crippen molar-refractivity contribution in [3.8, 4) is 0 Å². The lowest BCUT2D eigenvalue weighted by atomic mass is 9.84. The number of hydrogen-bond donors (Lipinski definition) is 0. The molecule has 2 atom stereocenters. The molecular formula is C27H54. The molecule has 0 radical (unpaired) electrons. The maximum atomic E-state index is 2.48. The van der Waals surface area contributed by atoms with Gasteiger partial charge in [-0.1, -0.05) is 136 Å². The highest BCUT2D eigenvalue weighted by molar-refractivity contribution is 4.83. The van der Waals surface area contributed by atoms with Gasteiger partial charge < -0.3 is 0 Å². The fourth-order valence-electron chi connectivity index (χ4n) is 4.18. The molecule has 0 aromatic heterocycles. The molecule has 0 aliphatic heterocycles. The van der Waals surface area contributed by atoms with Crippen molar-refractivity contribution in [2.24, 2.45) is 11.8 Å². The molecule has 0 aliphatic carbocycles. The van der Waals surface area contributed by atoms with Crippen LogP contribution in [0.2, 0.25) is 0 Å². The van der Waals surface area contributed by atoms with Crippen molar-refractivity contribution in [2.75, 3.05) is 0 Å². The fraction of sp³-hybridized carbons (Fsp3) is 0.926. The average Bonchev–Trinajstić information content (AvgIpc) is 2.69. The summed E-state index contributed by atoms with van der Waals surface area (Å²) >= 11 is 0. The summed E-state index contributed by atoms with van der Waals surface area (Å²) in [6.07, 6.45) is 31.9. The van der Waals surface area contributed by atoms with Crippen LogP contribution < -0.4 is 0 Å². The van der Waals surface area contributed by atoms with E-state index in [4.69, 9.17) is 0 Å². The van der Waals surface area contributed by atoms with Gasteiger partial charge in [0, 0.05) is 0 Å². The Labute approximate surface area is 174 Å². The van der Waals surface area contributed by atoms with E-state index < -0.39 is 0 Å². The van der Waals surface area contributed by atoms with Crippen LogP contribution in [-0.2, 0) is 0 Å². The minimum absolute atomic E-state index is 0.904. The molecule has 162 valence electrons. The molecule has 0 aromatic carbocycles. The molecule has 0 nitrogen and oxygen atoms in total. The molecule has 0 N–H and O–H groups in total. The van der Waals surface area contributed by atoms with Crippen LogP contribution in [0.1, 0.15) is 150 Å². The first-order valence-electron chi connectivity index (χ1n) is 12.9. The summed E-state index contributed by atoms with van der Waals surface area (Å²) in [4.78, 5) is 0. The quantitative estimate of drug-likeness (QED) is 0.138. The van der Waals surface area contributed by atoms with E-state index in [2.05, 4.69) is 39.8 Å². The molecule has 0 heteroatoms. The molecule has 0 aromatic rings. The summed E-state index contributed by atoms with van der Waals surface area (Å²) in [6, 6.07) is 0. The summed E-state index contributed by atoms with van der Waals surface area (Å²) in [5.41, 5.74) is 0. The highest BCUT2D eigenvalue weighted by Gasteiger charge is 2.14. The summed E-state index contributed by atoms with van der Waals surface area (Å²) in [5.74, 6) is 1.86. The monoisotopic (exact) mass is 378 g/mol. The van der Waals surface area contributed by atoms with Crippen molar-refractivity contribution in [3.63, 3.8) is 0 Å². The molecule has 0 amide bonds. The lowest BCUT2D eigenvalue weighted by Crippen LogP contribution is -2.11. The van der Waals surface area contributed by atoms with Crippen molar-refractivity contribution in [1.29, 1.82) is 0 Å². The molecule has 2 unspecified atom stereocenters. The Bertz CT molecular complexity index is 290. The van der Waals surface area contributed by atoms with E-state index in [0.717, 1.165) is 11.8 Å². The van der Waals surface area contributed by atoms with Gasteiger partial charge in [0.25, 0.3) is 0 Å². The minimum atomic E-state index is 0.904. The van der Waals surface area contributed by atoms with Crippen molar-refractivity contribution < 1.29 is 0 Å². The maximum Gasteiger partial charge on any atom is -0.0348 e. The zero-order valence-corrected chi connectivity index (χ0v) is 19.7. The van der Waals surface area contributed by atoms with Crippen molar-refractivity contribution in [3.05, 3.63) is 12.2 Å². The molecule has 0 heterocycles. The third kappa shape index (κ3) is 18.9. The van der Waals surface area contributed by atoms with Gasteiger partial charge >= 0.3 is 0 Å². The van der Waals surface area contributed by atoms with Crippen LogP contribution in [0.25, 0.3) is 0 Å². The van der Waals surface area contributed by atoms with Gasteiger partial charge in [0.1, 0.15) is 0 Å². The third-order valence-electron chi connectivity index (χ3n) is 6.47. The van der Waals surface area contributed by atoms with Gasteiger partial charge in [-0.3, -0.25) is 0 Å². The second kappa shape index (κ2) is 22.0. The molecule has 0 saturated carbocycles. The zero-order valence-electron chi connectivity index (χ0n) is 19.7. The normalized spacial score (nSPS) is 14.1. The first-order chi connectivity index (χ1) is 13.3. The lowest BCUT2D eigenvalue weighted by molar-refractivity contribution is 0.299. The van der Waals surface area contributed by atoms with Crippen LogP contribution in [0.15, 0.2) is 12.2 Å². The zero-order chi connectivity index (χ0) is 20.0. The molecule has 0 aliphatic rings. The largest absolute Gasteiger partial charge is 0.0885 e. The Hall–Kier alpha value is -0.260. The second-order valence-electron chi connectivity index (χ2n) is 9.01. The maximum absolute atomic E-state index is 2.48. The van der Waals surface area contributed by atoms with E-state index in [1.807, 2.05) is 0 Å². The lowest BCUT2D eigenvalue weighted by Gasteiger charge is -2.22. The van der Waals surface area contributed by atoms with E-state index in [1.54, 1.807) is 0 Å². The molecule has 0 bridgehead atoms. The van der Waals surface area contributed by atoms with Gasteiger partial charge in [0.2, 0.25) is 0 Å². The molecule has 0 fully saturated rings. The van der Waals surface area contributed by atoms with Gasteiger partial charge in [-0.2, -0.15) is 0 Å². The number of hydrogen-bond acceptors (Lipinski definition) is 0. The van der Waals surface area contributed by atoms with E-state index in [0.29, 0.717) is 0 Å². The van der Waals surface area contributed by atoms with Crippen molar-refractivity contribution in [2.45, 2.75) is 150 Å². The summed E-state index contributed by atoms with van der Waals surface area (Å²) in [6.45, 7) is 9.45. The van der Waals surface area contributed by atoms with Gasteiger partial charge in [0.15, 0.2) is 0 Å². The van der Waals surface area contributed by atoms with E-state index >= 15 is 0 Å². The van der Waals surface area contributed by atoms with Crippen LogP contribution in [0, 0.1) is 11.8 Å². The summed E-state index contributed by atoms with van der Waals surface area (Å²) < 4.78 is 0. The predicted molar refractivity (Wildman–Crippen MR) is 127 cm³/mol. The Morgan fingerprint density at radius 3 is 1.56 bits per heavy atom. The van der Waals surface area contributed by atoms with Crippen LogP contribution in [-0.4, -0.2) is 0 Å². The highest BCUT2D eigenvalue weighted by Crippen LogP contribution is 2.27. The van der Waals surface area contributed by atoms with Gasteiger partial charge in [0.05, 0.1) is 0 Å². The van der Waals surface area contributed by atoms with Crippen LogP contribution in [0.5, 0.6) is 0 Å². The molecule has 0 spiro atoms. The third-order valence-corrected chi connectivity index (χ3v) is 6.47. The Kier molecular flexibility index (Phi) is 21.8. The van der Waals surface area contributed by atoms with Gasteiger partial charge in [-0.15, -0.1) is 0 Å². The van der Waals surface area contributed by atoms with E-state index in [9.17, 15) is 0 Å². The minimum Gasteiger partial charge on any atom is -0.0885 e. The smallest absolute Gasteiger partial charge is 0.0348 e. The first-order valence-corrected chi connectivity index (χ1v) is 12.9. The molecule has 27 heavy (non-hydrogen) atoms. The predicted octanol–water partition coefficient (Wildman–Crippen LogP) is 10.3. The van der Waals surface area contributed by atoms with E-state index in [-0.39, 0.29) is 0 Å². The summed E-state index contributed by atoms with van der Waals surface area (Å²) in [7, 11) is 0. The van der Waals surface area contributed by atoms with Crippen LogP contribution in [0.4, 0.5) is 0 Å². The van der Waals surface area contributed by atoms with Crippen LogP contribution in [0.3, 0.4) is 0 Å². The van der Waals surface area contributed by atoms with Crippen molar-refractivity contribution in [1.82, 2.24) is 0 Å². The Morgan fingerprint density at radius 1 is 0.519 bits per heavy atom. The standard InChI is InChI=1S/C27H54/c1-5-8-10-12-14-15-16-17-18-19-21-23-25-27(26(4)7-3)24-22-20-13-11-9-6-2/h19,21,26-27H,5-18,20,22-25H2,1-4H3.